The Morgan fingerprint density at radius 1 is 1.10 bits per heavy atom. The van der Waals surface area contributed by atoms with E-state index in [-0.39, 0.29) is 0 Å². The molecule has 1 heterocycles. The van der Waals surface area contributed by atoms with Gasteiger partial charge in [-0.3, -0.25) is 0 Å². The van der Waals surface area contributed by atoms with Crippen LogP contribution in [0.2, 0.25) is 0 Å². The molecule has 1 nitrogen and oxygen atoms in total. The summed E-state index contributed by atoms with van der Waals surface area (Å²) in [6.07, 6.45) is 3.90. The van der Waals surface area contributed by atoms with Crippen molar-refractivity contribution >= 4 is 49.8 Å². The second kappa shape index (κ2) is 4.03. The molecule has 1 rings (SSSR count). The summed E-state index contributed by atoms with van der Waals surface area (Å²) in [6.45, 7) is 2.55. The van der Waals surface area contributed by atoms with Gasteiger partial charge in [0.15, 0.2) is 0 Å². The Morgan fingerprint density at radius 3 is 2.00 bits per heavy atom. The Morgan fingerprint density at radius 2 is 1.60 bits per heavy atom. The monoisotopic (exact) mass is 349 g/mol. The molecule has 0 aliphatic carbocycles. The molecule has 0 amide bonds. The van der Waals surface area contributed by atoms with Crippen molar-refractivity contribution in [3.05, 3.63) is 0 Å². The molecule has 0 aromatic rings. The maximum Gasteiger partial charge on any atom is 0.280 e. The fourth-order valence-electron chi connectivity index (χ4n) is 1.19. The molecule has 10 heavy (non-hydrogen) atoms. The molecule has 1 aliphatic rings. The van der Waals surface area contributed by atoms with Crippen LogP contribution in [0.25, 0.3) is 0 Å². The van der Waals surface area contributed by atoms with Crippen molar-refractivity contribution in [1.29, 1.82) is 0 Å². The average molecular weight is 352 g/mol. The van der Waals surface area contributed by atoms with Crippen LogP contribution in [-0.4, -0.2) is 28.1 Å². The standard InChI is InChI=1S/C5H10Br3NSi/c6-10(7,8)5-9-3-1-2-4-9/h1-5H2. The van der Waals surface area contributed by atoms with Gasteiger partial charge in [0.05, 0.1) is 0 Å². The lowest BCUT2D eigenvalue weighted by atomic mass is 10.4. The van der Waals surface area contributed by atoms with Crippen molar-refractivity contribution in [3.63, 3.8) is 0 Å². The lowest BCUT2D eigenvalue weighted by Gasteiger charge is -2.18. The van der Waals surface area contributed by atoms with Crippen molar-refractivity contribution < 1.29 is 0 Å². The van der Waals surface area contributed by atoms with E-state index < -0.39 is 3.93 Å². The Balaban J connectivity index is 2.24. The van der Waals surface area contributed by atoms with Crippen LogP contribution in [0.3, 0.4) is 0 Å². The summed E-state index contributed by atoms with van der Waals surface area (Å²) in [4.78, 5) is 2.49. The largest absolute Gasteiger partial charge is 0.303 e. The molecule has 1 saturated heterocycles. The minimum absolute atomic E-state index is 1.16. The molecule has 0 atom stereocenters. The Labute approximate surface area is 86.3 Å². The first-order valence-electron chi connectivity index (χ1n) is 3.37. The van der Waals surface area contributed by atoms with Gasteiger partial charge >= 0.3 is 0 Å². The first-order chi connectivity index (χ1) is 4.58. The van der Waals surface area contributed by atoms with E-state index in [9.17, 15) is 0 Å². The molecular weight excluding hydrogens is 342 g/mol. The second-order valence-electron chi connectivity index (χ2n) is 2.60. The van der Waals surface area contributed by atoms with Crippen LogP contribution in [0.5, 0.6) is 0 Å². The maximum atomic E-state index is 3.62. The van der Waals surface area contributed by atoms with E-state index in [1.807, 2.05) is 0 Å². The van der Waals surface area contributed by atoms with Gasteiger partial charge in [-0.15, -0.1) is 0 Å². The fourth-order valence-corrected chi connectivity index (χ4v) is 5.21. The minimum Gasteiger partial charge on any atom is -0.303 e. The maximum absolute atomic E-state index is 3.62. The minimum atomic E-state index is -1.36. The molecule has 0 saturated carbocycles. The van der Waals surface area contributed by atoms with Crippen molar-refractivity contribution in [2.75, 3.05) is 19.3 Å². The van der Waals surface area contributed by atoms with Gasteiger partial charge in [0.2, 0.25) is 0 Å². The van der Waals surface area contributed by atoms with E-state index in [0.717, 1.165) is 6.17 Å². The molecule has 1 aliphatic heterocycles. The Bertz CT molecular complexity index is 108. The molecule has 60 valence electrons. The third-order valence-corrected chi connectivity index (χ3v) is 4.66. The number of rotatable bonds is 2. The zero-order valence-corrected chi connectivity index (χ0v) is 11.4. The van der Waals surface area contributed by atoms with Crippen molar-refractivity contribution in [2.45, 2.75) is 12.8 Å². The predicted octanol–water partition coefficient (Wildman–Crippen LogP) is 2.75. The third kappa shape index (κ3) is 3.85. The highest BCUT2D eigenvalue weighted by Crippen LogP contribution is 2.29. The molecule has 0 N–H and O–H groups in total. The van der Waals surface area contributed by atoms with Gasteiger partial charge < -0.3 is 4.90 Å². The molecule has 0 radical (unpaired) electrons. The fraction of sp³-hybridized carbons (Fsp3) is 1.00. The molecule has 5 heteroatoms. The Hall–Kier alpha value is 1.62. The van der Waals surface area contributed by atoms with Gasteiger partial charge in [-0.25, -0.2) is 0 Å². The van der Waals surface area contributed by atoms with E-state index in [1.54, 1.807) is 0 Å². The van der Waals surface area contributed by atoms with E-state index in [0.29, 0.717) is 0 Å². The van der Waals surface area contributed by atoms with E-state index >= 15 is 0 Å². The van der Waals surface area contributed by atoms with Gasteiger partial charge in [0, 0.05) is 6.17 Å². The van der Waals surface area contributed by atoms with Gasteiger partial charge in [0.25, 0.3) is 3.93 Å². The summed E-state index contributed by atoms with van der Waals surface area (Å²) in [5, 5.41) is 0. The number of hydrogen-bond donors (Lipinski definition) is 0. The number of likely N-dealkylation sites (tertiary alicyclic amines) is 1. The first kappa shape index (κ1) is 9.70. The summed E-state index contributed by atoms with van der Waals surface area (Å²) < 4.78 is -1.36. The first-order valence-corrected chi connectivity index (χ1v) is 12.3. The summed E-state index contributed by atoms with van der Waals surface area (Å²) in [7, 11) is 0. The highest BCUT2D eigenvalue weighted by Gasteiger charge is 2.26. The van der Waals surface area contributed by atoms with E-state index in [2.05, 4.69) is 50.8 Å². The van der Waals surface area contributed by atoms with Crippen molar-refractivity contribution in [3.8, 4) is 0 Å². The lowest BCUT2D eigenvalue weighted by molar-refractivity contribution is 0.395. The number of hydrogen-bond acceptors (Lipinski definition) is 1. The van der Waals surface area contributed by atoms with E-state index in [4.69, 9.17) is 0 Å². The van der Waals surface area contributed by atoms with Crippen LogP contribution in [0.15, 0.2) is 0 Å². The molecule has 0 spiro atoms. The molecule has 0 aromatic carbocycles. The van der Waals surface area contributed by atoms with Crippen LogP contribution in [0, 0.1) is 0 Å². The summed E-state index contributed by atoms with van der Waals surface area (Å²) in [6, 6.07) is 0. The molecule has 0 unspecified atom stereocenters. The average Bonchev–Trinajstić information content (AvgIpc) is 2.12. The van der Waals surface area contributed by atoms with Crippen molar-refractivity contribution in [2.24, 2.45) is 0 Å². The summed E-state index contributed by atoms with van der Waals surface area (Å²) >= 11 is 10.9. The number of halogens is 3. The Kier molecular flexibility index (Phi) is 3.91. The normalized spacial score (nSPS) is 21.9. The SMILES string of the molecule is Br[Si](Br)(Br)CN1CCCC1. The highest BCUT2D eigenvalue weighted by atomic mass is 80.0. The highest BCUT2D eigenvalue weighted by molar-refractivity contribution is 9.72. The van der Waals surface area contributed by atoms with Crippen molar-refractivity contribution in [1.82, 2.24) is 4.90 Å². The zero-order valence-electron chi connectivity index (χ0n) is 5.62. The number of nitrogens with zero attached hydrogens (tertiary/aromatic N) is 1. The smallest absolute Gasteiger partial charge is 0.280 e. The molecule has 0 aromatic heterocycles. The summed E-state index contributed by atoms with van der Waals surface area (Å²) in [5.74, 6) is 0. The topological polar surface area (TPSA) is 3.24 Å². The van der Waals surface area contributed by atoms with Crippen LogP contribution in [-0.2, 0) is 0 Å². The second-order valence-corrected chi connectivity index (χ2v) is 25.9. The molecular formula is C5H10Br3NSi. The van der Waals surface area contributed by atoms with Gasteiger partial charge in [0.1, 0.15) is 0 Å². The predicted molar refractivity (Wildman–Crippen MR) is 58.2 cm³/mol. The van der Waals surface area contributed by atoms with Crippen LogP contribution in [0.1, 0.15) is 12.8 Å². The van der Waals surface area contributed by atoms with Gasteiger partial charge in [-0.1, -0.05) is 45.9 Å². The lowest BCUT2D eigenvalue weighted by Crippen LogP contribution is -2.32. The zero-order chi connectivity index (χ0) is 7.61. The van der Waals surface area contributed by atoms with Crippen LogP contribution in [0.4, 0.5) is 0 Å². The molecule has 0 bridgehead atoms. The van der Waals surface area contributed by atoms with Crippen LogP contribution < -0.4 is 0 Å². The third-order valence-electron chi connectivity index (χ3n) is 1.60. The van der Waals surface area contributed by atoms with Crippen LogP contribution >= 0.6 is 45.9 Å². The van der Waals surface area contributed by atoms with E-state index in [1.165, 1.54) is 25.9 Å². The van der Waals surface area contributed by atoms with Gasteiger partial charge in [-0.05, 0) is 25.9 Å². The quantitative estimate of drug-likeness (QED) is 0.546. The summed E-state index contributed by atoms with van der Waals surface area (Å²) in [5.41, 5.74) is 0. The van der Waals surface area contributed by atoms with Gasteiger partial charge in [-0.2, -0.15) is 0 Å². The molecule has 1 fully saturated rings.